The van der Waals surface area contributed by atoms with Crippen LogP contribution in [0.25, 0.3) is 0 Å². The number of aromatic hydroxyl groups is 1. The Bertz CT molecular complexity index is 343. The predicted octanol–water partition coefficient (Wildman–Crippen LogP) is 5.54. The summed E-state index contributed by atoms with van der Waals surface area (Å²) in [6, 6.07) is 5.07. The van der Waals surface area contributed by atoms with Crippen molar-refractivity contribution in [2.24, 2.45) is 0 Å². The molecular weight excluding hydrogens is 332 g/mol. The molecule has 2 N–H and O–H groups in total. The van der Waals surface area contributed by atoms with E-state index in [0.717, 1.165) is 12.0 Å². The number of phenols is 1. The summed E-state index contributed by atoms with van der Waals surface area (Å²) in [6.45, 7) is 4.37. The van der Waals surface area contributed by atoms with Crippen molar-refractivity contribution >= 4 is 34.8 Å². The minimum Gasteiger partial charge on any atom is -0.508 e. The molecule has 20 heavy (non-hydrogen) atoms. The number of aliphatic hydroxyl groups is 1. The van der Waals surface area contributed by atoms with E-state index in [2.05, 4.69) is 11.6 Å². The topological polar surface area (TPSA) is 40.5 Å². The molecule has 7 heteroatoms. The van der Waals surface area contributed by atoms with Crippen LogP contribution in [0.3, 0.4) is 0 Å². The van der Waals surface area contributed by atoms with Gasteiger partial charge in [0.15, 0.2) is 0 Å². The zero-order chi connectivity index (χ0) is 16.3. The van der Waals surface area contributed by atoms with Crippen LogP contribution < -0.4 is 0 Å². The lowest BCUT2D eigenvalue weighted by atomic mass is 10.2. The lowest BCUT2D eigenvalue weighted by molar-refractivity contribution is 0.119. The average Bonchev–Trinajstić information content (AvgIpc) is 2.24. The second-order valence-corrected chi connectivity index (χ2v) is 5.46. The van der Waals surface area contributed by atoms with E-state index in [1.165, 1.54) is 0 Å². The van der Waals surface area contributed by atoms with Gasteiger partial charge in [-0.05, 0) is 37.1 Å². The normalized spacial score (nSPS) is 11.7. The molecule has 0 saturated carbocycles. The Morgan fingerprint density at radius 2 is 1.80 bits per heavy atom. The van der Waals surface area contributed by atoms with Gasteiger partial charge < -0.3 is 10.2 Å². The van der Waals surface area contributed by atoms with Gasteiger partial charge in [-0.3, -0.25) is 0 Å². The lowest BCUT2D eigenvalue weighted by Gasteiger charge is -1.97. The highest BCUT2D eigenvalue weighted by Gasteiger charge is 2.12. The molecule has 0 aliphatic rings. The van der Waals surface area contributed by atoms with Gasteiger partial charge in [0.25, 0.3) is 0 Å². The zero-order valence-corrected chi connectivity index (χ0v) is 13.8. The van der Waals surface area contributed by atoms with Crippen LogP contribution in [0, 0.1) is 6.92 Å². The van der Waals surface area contributed by atoms with Crippen molar-refractivity contribution in [3.8, 4) is 5.75 Å². The van der Waals surface area contributed by atoms with E-state index in [4.69, 9.17) is 33.4 Å². The molecule has 2 nitrogen and oxygen atoms in total. The van der Waals surface area contributed by atoms with E-state index in [9.17, 15) is 8.78 Å². The summed E-state index contributed by atoms with van der Waals surface area (Å²) in [6.07, 6.45) is 1.65. The van der Waals surface area contributed by atoms with Crippen LogP contribution in [-0.4, -0.2) is 21.2 Å². The van der Waals surface area contributed by atoms with Gasteiger partial charge in [-0.1, -0.05) is 42.6 Å². The Morgan fingerprint density at radius 1 is 1.35 bits per heavy atom. The summed E-state index contributed by atoms with van der Waals surface area (Å²) in [4.78, 5) is 0. The minimum absolute atomic E-state index is 0.252. The Morgan fingerprint density at radius 3 is 2.00 bits per heavy atom. The molecule has 0 aliphatic carbocycles. The molecule has 0 heterocycles. The van der Waals surface area contributed by atoms with Crippen LogP contribution in [0.4, 0.5) is 8.78 Å². The van der Waals surface area contributed by atoms with Gasteiger partial charge in [-0.2, -0.15) is 8.78 Å². The SMILES string of the molecule is CC(F)(F)Cl.CCCC(O)Cl.Cc1c(O)cccc1Cl. The zero-order valence-electron chi connectivity index (χ0n) is 11.5. The van der Waals surface area contributed by atoms with E-state index >= 15 is 0 Å². The fraction of sp³-hybridized carbons (Fsp3) is 0.538. The third-order valence-electron chi connectivity index (χ3n) is 1.77. The first kappa shape index (κ1) is 22.0. The first-order valence-corrected chi connectivity index (χ1v) is 7.01. The Kier molecular flexibility index (Phi) is 12.5. The highest BCUT2D eigenvalue weighted by atomic mass is 35.5. The van der Waals surface area contributed by atoms with Gasteiger partial charge >= 0.3 is 5.38 Å². The first-order chi connectivity index (χ1) is 8.99. The standard InChI is InChI=1S/C7H7ClO.C4H9ClO.C2H3ClF2/c1-5-6(8)3-2-4-7(5)9;1-2-3-4(5)6;1-2(3,4)5/h2-4,9H,1H3;4,6H,2-3H2,1H3;1H3. The fourth-order valence-corrected chi connectivity index (χ4v) is 1.22. The smallest absolute Gasteiger partial charge is 0.318 e. The van der Waals surface area contributed by atoms with Crippen LogP contribution in [0.2, 0.25) is 5.02 Å². The maximum Gasteiger partial charge on any atom is 0.318 e. The second-order valence-electron chi connectivity index (χ2n) is 3.89. The van der Waals surface area contributed by atoms with Crippen molar-refractivity contribution in [2.45, 2.75) is 44.6 Å². The summed E-state index contributed by atoms with van der Waals surface area (Å²) >= 11 is 15.0. The van der Waals surface area contributed by atoms with E-state index in [-0.39, 0.29) is 5.75 Å². The van der Waals surface area contributed by atoms with E-state index in [0.29, 0.717) is 18.4 Å². The van der Waals surface area contributed by atoms with E-state index in [1.54, 1.807) is 25.1 Å². The number of rotatable bonds is 2. The molecule has 1 unspecified atom stereocenters. The quantitative estimate of drug-likeness (QED) is 0.687. The first-order valence-electron chi connectivity index (χ1n) is 5.82. The fourth-order valence-electron chi connectivity index (χ4n) is 0.834. The number of hydrogen-bond donors (Lipinski definition) is 2. The largest absolute Gasteiger partial charge is 0.508 e. The molecule has 0 aliphatic heterocycles. The molecule has 0 aromatic heterocycles. The second kappa shape index (κ2) is 11.4. The molecule has 0 fully saturated rings. The van der Waals surface area contributed by atoms with Crippen molar-refractivity contribution in [3.63, 3.8) is 0 Å². The molecule has 0 radical (unpaired) electrons. The molecule has 1 aromatic carbocycles. The van der Waals surface area contributed by atoms with Crippen LogP contribution in [0.1, 0.15) is 32.3 Å². The molecule has 1 aromatic rings. The number of benzene rings is 1. The third kappa shape index (κ3) is 17.7. The molecular formula is C13H19Cl3F2O2. The van der Waals surface area contributed by atoms with Crippen molar-refractivity contribution in [1.82, 2.24) is 0 Å². The highest BCUT2D eigenvalue weighted by Crippen LogP contribution is 2.22. The van der Waals surface area contributed by atoms with Gasteiger partial charge in [0, 0.05) is 17.5 Å². The number of hydrogen-bond acceptors (Lipinski definition) is 2. The molecule has 0 saturated heterocycles. The molecule has 0 bridgehead atoms. The van der Waals surface area contributed by atoms with Crippen LogP contribution in [-0.2, 0) is 0 Å². The lowest BCUT2D eigenvalue weighted by Crippen LogP contribution is -1.92. The average molecular weight is 352 g/mol. The monoisotopic (exact) mass is 350 g/mol. The van der Waals surface area contributed by atoms with E-state index in [1.807, 2.05) is 6.92 Å². The van der Waals surface area contributed by atoms with Gasteiger partial charge in [0.2, 0.25) is 0 Å². The molecule has 0 spiro atoms. The molecule has 118 valence electrons. The van der Waals surface area contributed by atoms with Crippen molar-refractivity contribution in [1.29, 1.82) is 0 Å². The van der Waals surface area contributed by atoms with Crippen LogP contribution in [0.15, 0.2) is 18.2 Å². The van der Waals surface area contributed by atoms with Crippen molar-refractivity contribution < 1.29 is 19.0 Å². The van der Waals surface area contributed by atoms with Gasteiger partial charge in [-0.15, -0.1) is 0 Å². The number of alkyl halides is 4. The highest BCUT2D eigenvalue weighted by molar-refractivity contribution is 6.31. The Labute approximate surface area is 133 Å². The van der Waals surface area contributed by atoms with E-state index < -0.39 is 10.9 Å². The Hall–Kier alpha value is -0.290. The Balaban J connectivity index is 0. The summed E-state index contributed by atoms with van der Waals surface area (Å²) in [5.41, 5.74) is 0.106. The minimum atomic E-state index is -3.03. The van der Waals surface area contributed by atoms with Crippen molar-refractivity contribution in [2.75, 3.05) is 0 Å². The number of aliphatic hydroxyl groups excluding tert-OH is 1. The summed E-state index contributed by atoms with van der Waals surface area (Å²) in [5, 5.41) is 14.9. The number of phenolic OH excluding ortho intramolecular Hbond substituents is 1. The van der Waals surface area contributed by atoms with Crippen LogP contribution in [0.5, 0.6) is 5.75 Å². The molecule has 1 rings (SSSR count). The molecule has 1 atom stereocenters. The maximum absolute atomic E-state index is 10.8. The molecule has 0 amide bonds. The van der Waals surface area contributed by atoms with Gasteiger partial charge in [0.1, 0.15) is 11.3 Å². The number of halogens is 5. The maximum atomic E-state index is 10.8. The van der Waals surface area contributed by atoms with Gasteiger partial charge in [0.05, 0.1) is 0 Å². The van der Waals surface area contributed by atoms with Crippen LogP contribution >= 0.6 is 34.8 Å². The summed E-state index contributed by atoms with van der Waals surface area (Å²) in [7, 11) is 0. The van der Waals surface area contributed by atoms with Crippen molar-refractivity contribution in [3.05, 3.63) is 28.8 Å². The summed E-state index contributed by atoms with van der Waals surface area (Å²) in [5.74, 6) is 0.252. The summed E-state index contributed by atoms with van der Waals surface area (Å²) < 4.78 is 21.6. The van der Waals surface area contributed by atoms with Gasteiger partial charge in [-0.25, -0.2) is 0 Å². The third-order valence-corrected chi connectivity index (χ3v) is 2.39. The predicted molar refractivity (Wildman–Crippen MR) is 81.1 cm³/mol.